The van der Waals surface area contributed by atoms with Crippen molar-refractivity contribution in [2.75, 3.05) is 0 Å². The van der Waals surface area contributed by atoms with Gasteiger partial charge in [0.2, 0.25) is 0 Å². The van der Waals surface area contributed by atoms with Crippen molar-refractivity contribution in [3.8, 4) is 0 Å². The first-order valence-electron chi connectivity index (χ1n) is 7.42. The summed E-state index contributed by atoms with van der Waals surface area (Å²) in [5.74, 6) is 0. The predicted octanol–water partition coefficient (Wildman–Crippen LogP) is 3.75. The molecular formula is C18H15N3. The van der Waals surface area contributed by atoms with Crippen LogP contribution in [-0.4, -0.2) is 14.4 Å². The molecule has 0 unspecified atom stereocenters. The van der Waals surface area contributed by atoms with E-state index in [-0.39, 0.29) is 0 Å². The van der Waals surface area contributed by atoms with E-state index in [1.54, 1.807) is 0 Å². The highest BCUT2D eigenvalue weighted by atomic mass is 15.0. The monoisotopic (exact) mass is 273 g/mol. The molecule has 0 N–H and O–H groups in total. The van der Waals surface area contributed by atoms with Crippen LogP contribution in [0.25, 0.3) is 27.5 Å². The molecule has 0 saturated heterocycles. The van der Waals surface area contributed by atoms with Crippen molar-refractivity contribution < 1.29 is 0 Å². The lowest BCUT2D eigenvalue weighted by molar-refractivity contribution is 0.865. The second kappa shape index (κ2) is 3.61. The van der Waals surface area contributed by atoms with Gasteiger partial charge in [-0.15, -0.1) is 0 Å². The molecule has 3 nitrogen and oxygen atoms in total. The van der Waals surface area contributed by atoms with Crippen LogP contribution in [0.4, 0.5) is 0 Å². The molecule has 0 saturated carbocycles. The van der Waals surface area contributed by atoms with Gasteiger partial charge in [-0.25, -0.2) is 4.98 Å². The van der Waals surface area contributed by atoms with Crippen molar-refractivity contribution in [3.05, 3.63) is 53.0 Å². The zero-order valence-electron chi connectivity index (χ0n) is 12.1. The first-order chi connectivity index (χ1) is 10.3. The van der Waals surface area contributed by atoms with Crippen molar-refractivity contribution >= 4 is 27.5 Å². The van der Waals surface area contributed by atoms with E-state index < -0.39 is 0 Å². The summed E-state index contributed by atoms with van der Waals surface area (Å²) in [6.07, 6.45) is 4.05. The molecule has 1 aliphatic rings. The Morgan fingerprint density at radius 2 is 2.00 bits per heavy atom. The van der Waals surface area contributed by atoms with E-state index in [1.165, 1.54) is 27.7 Å². The number of imidazole rings is 1. The molecule has 4 aromatic rings. The van der Waals surface area contributed by atoms with E-state index >= 15 is 0 Å². The quantitative estimate of drug-likeness (QED) is 0.457. The Morgan fingerprint density at radius 1 is 1.10 bits per heavy atom. The second-order valence-electron chi connectivity index (χ2n) is 5.97. The van der Waals surface area contributed by atoms with Gasteiger partial charge in [0, 0.05) is 22.7 Å². The minimum atomic E-state index is 1.06. The van der Waals surface area contributed by atoms with Crippen molar-refractivity contribution in [1.29, 1.82) is 0 Å². The molecule has 0 aliphatic carbocycles. The van der Waals surface area contributed by atoms with E-state index in [0.717, 1.165) is 35.1 Å². The summed E-state index contributed by atoms with van der Waals surface area (Å²) < 4.78 is 2.38. The van der Waals surface area contributed by atoms with E-state index in [9.17, 15) is 0 Å². The molecule has 0 radical (unpaired) electrons. The summed E-state index contributed by atoms with van der Waals surface area (Å²) >= 11 is 0. The molecule has 3 heteroatoms. The van der Waals surface area contributed by atoms with Gasteiger partial charge in [-0.3, -0.25) is 9.38 Å². The zero-order valence-corrected chi connectivity index (χ0v) is 12.1. The van der Waals surface area contributed by atoms with E-state index in [2.05, 4.69) is 41.4 Å². The molecule has 0 fully saturated rings. The molecule has 102 valence electrons. The average molecular weight is 273 g/mol. The number of nitrogens with zero attached hydrogens (tertiary/aromatic N) is 3. The Hall–Kier alpha value is -2.42. The Kier molecular flexibility index (Phi) is 1.94. The van der Waals surface area contributed by atoms with Crippen LogP contribution >= 0.6 is 0 Å². The molecular weight excluding hydrogens is 258 g/mol. The summed E-state index contributed by atoms with van der Waals surface area (Å²) in [4.78, 5) is 9.52. The molecule has 5 rings (SSSR count). The van der Waals surface area contributed by atoms with E-state index in [4.69, 9.17) is 4.98 Å². The topological polar surface area (TPSA) is 30.2 Å². The largest absolute Gasteiger partial charge is 0.295 e. The van der Waals surface area contributed by atoms with Crippen LogP contribution in [-0.2, 0) is 12.8 Å². The number of hydrogen-bond donors (Lipinski definition) is 0. The van der Waals surface area contributed by atoms with Gasteiger partial charge in [0.15, 0.2) is 0 Å². The minimum absolute atomic E-state index is 1.06. The van der Waals surface area contributed by atoms with Gasteiger partial charge in [-0.1, -0.05) is 12.1 Å². The summed E-state index contributed by atoms with van der Waals surface area (Å²) in [7, 11) is 0. The second-order valence-corrected chi connectivity index (χ2v) is 5.97. The number of fused-ring (bicyclic) bond motifs is 3. The zero-order chi connectivity index (χ0) is 14.1. The van der Waals surface area contributed by atoms with Crippen LogP contribution in [0.5, 0.6) is 0 Å². The first kappa shape index (κ1) is 11.3. The fraction of sp³-hybridized carbons (Fsp3) is 0.222. The highest BCUT2D eigenvalue weighted by Crippen LogP contribution is 2.36. The summed E-state index contributed by atoms with van der Waals surface area (Å²) in [6.45, 7) is 4.30. The molecule has 21 heavy (non-hydrogen) atoms. The third-order valence-corrected chi connectivity index (χ3v) is 4.78. The lowest BCUT2D eigenvalue weighted by Crippen LogP contribution is -2.08. The molecule has 3 aromatic heterocycles. The molecule has 0 amide bonds. The maximum Gasteiger partial charge on any atom is 0.147 e. The third kappa shape index (κ3) is 1.24. The maximum atomic E-state index is 4.85. The number of hydrogen-bond acceptors (Lipinski definition) is 2. The van der Waals surface area contributed by atoms with Crippen molar-refractivity contribution in [3.63, 3.8) is 0 Å². The van der Waals surface area contributed by atoms with Crippen LogP contribution in [0.2, 0.25) is 0 Å². The number of aromatic nitrogens is 3. The van der Waals surface area contributed by atoms with Crippen LogP contribution in [0, 0.1) is 13.8 Å². The number of aryl methyl sites for hydroxylation is 4. The van der Waals surface area contributed by atoms with E-state index in [1.807, 2.05) is 12.3 Å². The first-order valence-corrected chi connectivity index (χ1v) is 7.42. The molecule has 0 atom stereocenters. The lowest BCUT2D eigenvalue weighted by Gasteiger charge is -2.19. The number of benzene rings is 1. The van der Waals surface area contributed by atoms with Gasteiger partial charge in [-0.05, 0) is 49.9 Å². The summed E-state index contributed by atoms with van der Waals surface area (Å²) in [5.41, 5.74) is 8.68. The van der Waals surface area contributed by atoms with Crippen molar-refractivity contribution in [1.82, 2.24) is 14.4 Å². The smallest absolute Gasteiger partial charge is 0.147 e. The van der Waals surface area contributed by atoms with Crippen LogP contribution in [0.15, 0.2) is 30.5 Å². The maximum absolute atomic E-state index is 4.85. The molecule has 1 aliphatic heterocycles. The lowest BCUT2D eigenvalue weighted by atomic mass is 9.96. The van der Waals surface area contributed by atoms with Gasteiger partial charge >= 0.3 is 0 Å². The highest BCUT2D eigenvalue weighted by Gasteiger charge is 2.22. The fourth-order valence-electron chi connectivity index (χ4n) is 3.81. The standard InChI is InChI=1S/C18H15N3/c1-10-5-6-12-7-8-14-11(2)20-18-13-4-3-9-19-16(13)15(10)17(12)21(14)18/h3-6,9H,7-8H2,1-2H3. The van der Waals surface area contributed by atoms with Gasteiger partial charge in [0.1, 0.15) is 5.65 Å². The predicted molar refractivity (Wildman–Crippen MR) is 84.9 cm³/mol. The van der Waals surface area contributed by atoms with Gasteiger partial charge in [0.25, 0.3) is 0 Å². The Labute approximate surface area is 122 Å². The van der Waals surface area contributed by atoms with Crippen molar-refractivity contribution in [2.45, 2.75) is 26.7 Å². The SMILES string of the molecule is Cc1nc2c3cccnc3c3c(C)ccc4c3n2c1CC4. The van der Waals surface area contributed by atoms with Gasteiger partial charge in [0.05, 0.1) is 16.7 Å². The van der Waals surface area contributed by atoms with Gasteiger partial charge < -0.3 is 0 Å². The number of pyridine rings is 2. The van der Waals surface area contributed by atoms with E-state index in [0.29, 0.717) is 0 Å². The molecule has 4 heterocycles. The average Bonchev–Trinajstić information content (AvgIpc) is 2.85. The Balaban J connectivity index is 2.27. The van der Waals surface area contributed by atoms with Crippen LogP contribution in [0.3, 0.4) is 0 Å². The Morgan fingerprint density at radius 3 is 2.90 bits per heavy atom. The highest BCUT2D eigenvalue weighted by molar-refractivity contribution is 6.12. The minimum Gasteiger partial charge on any atom is -0.295 e. The normalized spacial score (nSPS) is 13.8. The van der Waals surface area contributed by atoms with Crippen molar-refractivity contribution in [2.24, 2.45) is 0 Å². The third-order valence-electron chi connectivity index (χ3n) is 4.78. The van der Waals surface area contributed by atoms with Gasteiger partial charge in [-0.2, -0.15) is 0 Å². The summed E-state index contributed by atoms with van der Waals surface area (Å²) in [6, 6.07) is 8.64. The number of rotatable bonds is 0. The molecule has 0 spiro atoms. The summed E-state index contributed by atoms with van der Waals surface area (Å²) in [5, 5.41) is 2.44. The Bertz CT molecular complexity index is 1060. The molecule has 0 bridgehead atoms. The van der Waals surface area contributed by atoms with Crippen LogP contribution < -0.4 is 0 Å². The fourth-order valence-corrected chi connectivity index (χ4v) is 3.81. The molecule has 1 aromatic carbocycles. The van der Waals surface area contributed by atoms with Crippen LogP contribution in [0.1, 0.15) is 22.5 Å².